The Labute approximate surface area is 136 Å². The first-order valence-electron chi connectivity index (χ1n) is 8.28. The topological polar surface area (TPSA) is 39.7 Å². The Morgan fingerprint density at radius 2 is 1.82 bits per heavy atom. The van der Waals surface area contributed by atoms with Crippen LogP contribution in [0.5, 0.6) is 0 Å². The largest absolute Gasteiger partial charge is 0.356 e. The summed E-state index contributed by atoms with van der Waals surface area (Å²) in [4.78, 5) is 6.60. The maximum absolute atomic E-state index is 4.25. The van der Waals surface area contributed by atoms with Crippen molar-refractivity contribution >= 4 is 5.96 Å². The molecule has 0 fully saturated rings. The fraction of sp³-hybridized carbons (Fsp3) is 0.611. The van der Waals surface area contributed by atoms with Crippen LogP contribution in [0.15, 0.2) is 35.3 Å². The van der Waals surface area contributed by atoms with Crippen LogP contribution in [0.1, 0.15) is 32.3 Å². The van der Waals surface area contributed by atoms with Crippen molar-refractivity contribution in [2.45, 2.75) is 33.2 Å². The van der Waals surface area contributed by atoms with Crippen LogP contribution < -0.4 is 10.6 Å². The first-order chi connectivity index (χ1) is 10.6. The van der Waals surface area contributed by atoms with E-state index in [-0.39, 0.29) is 0 Å². The smallest absolute Gasteiger partial charge is 0.190 e. The molecule has 0 saturated heterocycles. The van der Waals surface area contributed by atoms with E-state index in [1.54, 1.807) is 0 Å². The van der Waals surface area contributed by atoms with E-state index in [1.165, 1.54) is 12.0 Å². The molecule has 2 N–H and O–H groups in total. The van der Waals surface area contributed by atoms with Crippen molar-refractivity contribution in [1.29, 1.82) is 0 Å². The minimum absolute atomic E-state index is 0.720. The number of hydrogen-bond donors (Lipinski definition) is 2. The summed E-state index contributed by atoms with van der Waals surface area (Å²) in [7, 11) is 3.99. The van der Waals surface area contributed by atoms with Crippen LogP contribution in [0.4, 0.5) is 0 Å². The van der Waals surface area contributed by atoms with Gasteiger partial charge in [-0.05, 0) is 37.9 Å². The lowest BCUT2D eigenvalue weighted by Gasteiger charge is -2.17. The summed E-state index contributed by atoms with van der Waals surface area (Å²) in [6.45, 7) is 8.47. The molecule has 0 heterocycles. The van der Waals surface area contributed by atoms with Gasteiger partial charge < -0.3 is 15.5 Å². The highest BCUT2D eigenvalue weighted by Gasteiger charge is 2.01. The first-order valence-corrected chi connectivity index (χ1v) is 8.28. The van der Waals surface area contributed by atoms with Crippen LogP contribution in [0.2, 0.25) is 0 Å². The lowest BCUT2D eigenvalue weighted by Crippen LogP contribution is -2.39. The van der Waals surface area contributed by atoms with Gasteiger partial charge in [0.15, 0.2) is 5.96 Å². The molecular weight excluding hydrogens is 272 g/mol. The van der Waals surface area contributed by atoms with E-state index in [9.17, 15) is 0 Å². The van der Waals surface area contributed by atoms with Gasteiger partial charge in [0.25, 0.3) is 0 Å². The maximum atomic E-state index is 4.25. The van der Waals surface area contributed by atoms with Crippen LogP contribution in [0.3, 0.4) is 0 Å². The molecule has 0 spiro atoms. The van der Waals surface area contributed by atoms with E-state index in [2.05, 4.69) is 71.8 Å². The third-order valence-electron chi connectivity index (χ3n) is 3.54. The van der Waals surface area contributed by atoms with Gasteiger partial charge in [0.05, 0.1) is 0 Å². The molecule has 0 radical (unpaired) electrons. The molecule has 22 heavy (non-hydrogen) atoms. The minimum atomic E-state index is 0.720. The summed E-state index contributed by atoms with van der Waals surface area (Å²) in [6, 6.07) is 10.6. The lowest BCUT2D eigenvalue weighted by molar-refractivity contribution is 0.322. The summed E-state index contributed by atoms with van der Waals surface area (Å²) < 4.78 is 0. The van der Waals surface area contributed by atoms with Crippen LogP contribution in [0, 0.1) is 5.92 Å². The highest BCUT2D eigenvalue weighted by molar-refractivity contribution is 5.79. The van der Waals surface area contributed by atoms with E-state index in [1.807, 2.05) is 7.05 Å². The fourth-order valence-corrected chi connectivity index (χ4v) is 2.23. The SMILES string of the molecule is CN=C(NCCCN(C)Cc1ccccc1)NCCC(C)C. The quantitative estimate of drug-likeness (QED) is 0.419. The molecule has 4 heteroatoms. The van der Waals surface area contributed by atoms with Crippen molar-refractivity contribution in [2.24, 2.45) is 10.9 Å². The molecular formula is C18H32N4. The first kappa shape index (κ1) is 18.5. The van der Waals surface area contributed by atoms with Crippen LogP contribution in [0.25, 0.3) is 0 Å². The van der Waals surface area contributed by atoms with Crippen LogP contribution in [-0.4, -0.2) is 44.6 Å². The van der Waals surface area contributed by atoms with Gasteiger partial charge in [0.2, 0.25) is 0 Å². The van der Waals surface area contributed by atoms with E-state index in [4.69, 9.17) is 0 Å². The molecule has 0 unspecified atom stereocenters. The van der Waals surface area contributed by atoms with Crippen molar-refractivity contribution < 1.29 is 0 Å². The Kier molecular flexibility index (Phi) is 9.31. The zero-order valence-corrected chi connectivity index (χ0v) is 14.6. The van der Waals surface area contributed by atoms with E-state index in [0.717, 1.165) is 44.5 Å². The van der Waals surface area contributed by atoms with Crippen molar-refractivity contribution in [2.75, 3.05) is 33.7 Å². The van der Waals surface area contributed by atoms with Gasteiger partial charge in [-0.2, -0.15) is 0 Å². The predicted octanol–water partition coefficient (Wildman–Crippen LogP) is 2.72. The molecule has 1 aromatic carbocycles. The Hall–Kier alpha value is -1.55. The molecule has 0 amide bonds. The molecule has 0 aliphatic rings. The third-order valence-corrected chi connectivity index (χ3v) is 3.54. The summed E-state index contributed by atoms with van der Waals surface area (Å²) >= 11 is 0. The zero-order valence-electron chi connectivity index (χ0n) is 14.6. The molecule has 0 atom stereocenters. The van der Waals surface area contributed by atoms with Crippen LogP contribution >= 0.6 is 0 Å². The van der Waals surface area contributed by atoms with Crippen molar-refractivity contribution in [3.05, 3.63) is 35.9 Å². The van der Waals surface area contributed by atoms with E-state index < -0.39 is 0 Å². The number of hydrogen-bond acceptors (Lipinski definition) is 2. The molecule has 0 aliphatic carbocycles. The van der Waals surface area contributed by atoms with Crippen LogP contribution in [-0.2, 0) is 6.54 Å². The average Bonchev–Trinajstić information content (AvgIpc) is 2.50. The summed E-state index contributed by atoms with van der Waals surface area (Å²) in [5, 5.41) is 6.73. The summed E-state index contributed by atoms with van der Waals surface area (Å²) in [5.41, 5.74) is 1.36. The van der Waals surface area contributed by atoms with Gasteiger partial charge in [-0.15, -0.1) is 0 Å². The highest BCUT2D eigenvalue weighted by Crippen LogP contribution is 2.02. The minimum Gasteiger partial charge on any atom is -0.356 e. The molecule has 124 valence electrons. The normalized spacial score (nSPS) is 12.0. The number of benzene rings is 1. The average molecular weight is 304 g/mol. The van der Waals surface area contributed by atoms with E-state index in [0.29, 0.717) is 0 Å². The van der Waals surface area contributed by atoms with Gasteiger partial charge in [-0.25, -0.2) is 0 Å². The molecule has 0 bridgehead atoms. The second-order valence-electron chi connectivity index (χ2n) is 6.19. The van der Waals surface area contributed by atoms with Gasteiger partial charge in [-0.3, -0.25) is 4.99 Å². The third kappa shape index (κ3) is 8.67. The second kappa shape index (κ2) is 11.1. The van der Waals surface area contributed by atoms with Crippen molar-refractivity contribution in [3.8, 4) is 0 Å². The summed E-state index contributed by atoms with van der Waals surface area (Å²) in [5.74, 6) is 1.63. The fourth-order valence-electron chi connectivity index (χ4n) is 2.23. The summed E-state index contributed by atoms with van der Waals surface area (Å²) in [6.07, 6.45) is 2.27. The predicted molar refractivity (Wildman–Crippen MR) is 96.2 cm³/mol. The van der Waals surface area contributed by atoms with Crippen molar-refractivity contribution in [1.82, 2.24) is 15.5 Å². The monoisotopic (exact) mass is 304 g/mol. The number of nitrogens with zero attached hydrogens (tertiary/aromatic N) is 2. The molecule has 0 aliphatic heterocycles. The molecule has 0 saturated carbocycles. The van der Waals surface area contributed by atoms with Crippen molar-refractivity contribution in [3.63, 3.8) is 0 Å². The zero-order chi connectivity index (χ0) is 16.2. The van der Waals surface area contributed by atoms with E-state index >= 15 is 0 Å². The Morgan fingerprint density at radius 3 is 2.45 bits per heavy atom. The lowest BCUT2D eigenvalue weighted by atomic mass is 10.1. The Balaban J connectivity index is 2.12. The second-order valence-corrected chi connectivity index (χ2v) is 6.19. The van der Waals surface area contributed by atoms with Gasteiger partial charge in [0, 0.05) is 26.7 Å². The van der Waals surface area contributed by atoms with Gasteiger partial charge >= 0.3 is 0 Å². The molecule has 1 aromatic rings. The number of guanidine groups is 1. The molecule has 1 rings (SSSR count). The van der Waals surface area contributed by atoms with Gasteiger partial charge in [-0.1, -0.05) is 44.2 Å². The Morgan fingerprint density at radius 1 is 1.14 bits per heavy atom. The number of nitrogens with one attached hydrogen (secondary N) is 2. The number of rotatable bonds is 9. The maximum Gasteiger partial charge on any atom is 0.190 e. The standard InChI is InChI=1S/C18H32N4/c1-16(2)11-13-21-18(19-3)20-12-8-14-22(4)15-17-9-6-5-7-10-17/h5-7,9-10,16H,8,11-15H2,1-4H3,(H2,19,20,21). The molecule has 4 nitrogen and oxygen atoms in total. The Bertz CT molecular complexity index is 414. The molecule has 0 aromatic heterocycles. The number of aliphatic imine (C=N–C) groups is 1. The highest BCUT2D eigenvalue weighted by atomic mass is 15.2. The van der Waals surface area contributed by atoms with Gasteiger partial charge in [0.1, 0.15) is 0 Å².